The molecule has 0 unspecified atom stereocenters. The number of nitrogens with zero attached hydrogens (tertiary/aromatic N) is 2. The predicted octanol–water partition coefficient (Wildman–Crippen LogP) is 4.88. The molecule has 0 aliphatic rings. The van der Waals surface area contributed by atoms with Crippen LogP contribution in [0.15, 0.2) is 92.7 Å². The fraction of sp³-hybridized carbons (Fsp3) is 0.0357. The summed E-state index contributed by atoms with van der Waals surface area (Å²) in [6, 6.07) is 22.8. The molecule has 1 N–H and O–H groups in total. The van der Waals surface area contributed by atoms with Crippen molar-refractivity contribution >= 4 is 52.1 Å². The van der Waals surface area contributed by atoms with Crippen molar-refractivity contribution in [2.45, 2.75) is 6.54 Å². The van der Waals surface area contributed by atoms with Gasteiger partial charge in [0.15, 0.2) is 5.57 Å². The quantitative estimate of drug-likeness (QED) is 0.318. The molecule has 7 nitrogen and oxygen atoms in total. The van der Waals surface area contributed by atoms with Crippen LogP contribution in [0.1, 0.15) is 11.5 Å². The molecule has 1 amide bonds. The second-order valence-corrected chi connectivity index (χ2v) is 9.76. The van der Waals surface area contributed by atoms with Crippen LogP contribution in [0.5, 0.6) is 0 Å². The summed E-state index contributed by atoms with van der Waals surface area (Å²) >= 11 is 13.5. The Morgan fingerprint density at radius 2 is 1.87 bits per heavy atom. The lowest BCUT2D eigenvalue weighted by Gasteiger charge is -2.04. The average Bonchev–Trinajstić information content (AvgIpc) is 3.68. The first-order chi connectivity index (χ1) is 18.5. The third-order valence-electron chi connectivity index (χ3n) is 5.51. The van der Waals surface area contributed by atoms with E-state index < -0.39 is 11.5 Å². The molecule has 0 saturated heterocycles. The van der Waals surface area contributed by atoms with Crippen LogP contribution in [0.4, 0.5) is 0 Å². The van der Waals surface area contributed by atoms with Crippen LogP contribution in [0.25, 0.3) is 28.7 Å². The van der Waals surface area contributed by atoms with Crippen molar-refractivity contribution in [1.82, 2.24) is 9.88 Å². The second kappa shape index (κ2) is 11.0. The molecule has 10 heteroatoms. The Balaban J connectivity index is 1.63. The van der Waals surface area contributed by atoms with Gasteiger partial charge >= 0.3 is 0 Å². The van der Waals surface area contributed by atoms with Crippen molar-refractivity contribution in [3.63, 3.8) is 0 Å². The topological polar surface area (TPSA) is 101 Å². The monoisotopic (exact) mass is 561 g/mol. The number of nitrogens with one attached hydrogen (secondary N) is 1. The summed E-state index contributed by atoms with van der Waals surface area (Å²) < 4.78 is 13.0. The third kappa shape index (κ3) is 5.08. The van der Waals surface area contributed by atoms with E-state index in [9.17, 15) is 14.9 Å². The van der Waals surface area contributed by atoms with Gasteiger partial charge in [-0.3, -0.25) is 14.2 Å². The maximum Gasteiger partial charge on any atom is 0.273 e. The largest absolute Gasteiger partial charge is 0.467 e. The molecular formula is C28H17Cl2N3O4S. The molecule has 0 aliphatic heterocycles. The fourth-order valence-corrected chi connectivity index (χ4v) is 5.20. The summed E-state index contributed by atoms with van der Waals surface area (Å²) in [6.45, 7) is 0.0954. The van der Waals surface area contributed by atoms with Gasteiger partial charge in [0.05, 0.1) is 33.1 Å². The molecule has 38 heavy (non-hydrogen) atoms. The normalized spacial score (nSPS) is 12.3. The van der Waals surface area contributed by atoms with E-state index >= 15 is 0 Å². The van der Waals surface area contributed by atoms with Crippen molar-refractivity contribution < 1.29 is 13.6 Å². The molecule has 2 aromatic carbocycles. The average molecular weight is 562 g/mol. The van der Waals surface area contributed by atoms with Crippen molar-refractivity contribution in [3.05, 3.63) is 120 Å². The minimum absolute atomic E-state index is 0.0954. The van der Waals surface area contributed by atoms with Gasteiger partial charge in [-0.05, 0) is 48.5 Å². The number of carbonyl (C=O) groups is 1. The summed E-state index contributed by atoms with van der Waals surface area (Å²) in [4.78, 5) is 26.5. The van der Waals surface area contributed by atoms with Crippen molar-refractivity contribution in [2.75, 3.05) is 0 Å². The number of amides is 1. The molecule has 0 atom stereocenters. The Kier molecular flexibility index (Phi) is 7.33. The minimum atomic E-state index is -0.628. The lowest BCUT2D eigenvalue weighted by atomic mass is 10.2. The van der Waals surface area contributed by atoms with Crippen molar-refractivity contribution in [3.8, 4) is 23.1 Å². The highest BCUT2D eigenvalue weighted by Crippen LogP contribution is 2.34. The first-order valence-electron chi connectivity index (χ1n) is 11.2. The number of furan rings is 2. The number of hydrogen-bond acceptors (Lipinski definition) is 6. The molecule has 188 valence electrons. The molecule has 0 saturated carbocycles. The molecule has 0 aliphatic carbocycles. The zero-order chi connectivity index (χ0) is 26.6. The lowest BCUT2D eigenvalue weighted by Crippen LogP contribution is -2.33. The number of hydrogen-bond donors (Lipinski definition) is 1. The number of halogens is 2. The van der Waals surface area contributed by atoms with E-state index in [0.29, 0.717) is 38.6 Å². The van der Waals surface area contributed by atoms with Crippen LogP contribution in [-0.4, -0.2) is 10.5 Å². The first kappa shape index (κ1) is 25.4. The van der Waals surface area contributed by atoms with E-state index in [1.165, 1.54) is 10.8 Å². The van der Waals surface area contributed by atoms with Gasteiger partial charge in [-0.1, -0.05) is 47.5 Å². The zero-order valence-electron chi connectivity index (χ0n) is 19.5. The highest BCUT2D eigenvalue weighted by Gasteiger charge is 2.18. The lowest BCUT2D eigenvalue weighted by molar-refractivity contribution is -0.115. The van der Waals surface area contributed by atoms with Crippen molar-refractivity contribution in [2.24, 2.45) is 0 Å². The van der Waals surface area contributed by atoms with E-state index in [2.05, 4.69) is 5.32 Å². The van der Waals surface area contributed by atoms with Gasteiger partial charge in [-0.15, -0.1) is 11.3 Å². The number of aromatic nitrogens is 1. The third-order valence-corrected chi connectivity index (χ3v) is 7.42. The highest BCUT2D eigenvalue weighted by atomic mass is 35.5. The maximum absolute atomic E-state index is 13.6. The van der Waals surface area contributed by atoms with E-state index in [-0.39, 0.29) is 21.3 Å². The van der Waals surface area contributed by atoms with E-state index in [4.69, 9.17) is 32.0 Å². The summed E-state index contributed by atoms with van der Waals surface area (Å²) in [7, 11) is 0. The molecule has 0 spiro atoms. The van der Waals surface area contributed by atoms with Crippen LogP contribution in [0.2, 0.25) is 10.0 Å². The van der Waals surface area contributed by atoms with E-state index in [1.807, 2.05) is 12.1 Å². The van der Waals surface area contributed by atoms with Gasteiger partial charge < -0.3 is 14.2 Å². The summed E-state index contributed by atoms with van der Waals surface area (Å²) in [5.41, 5.74) is 0.524. The summed E-state index contributed by atoms with van der Waals surface area (Å²) in [5.74, 6) is 0.773. The molecule has 5 aromatic rings. The first-order valence-corrected chi connectivity index (χ1v) is 12.8. The van der Waals surface area contributed by atoms with Gasteiger partial charge in [0.25, 0.3) is 11.5 Å². The maximum atomic E-state index is 13.6. The number of thiazole rings is 1. The number of benzene rings is 2. The molecule has 0 fully saturated rings. The fourth-order valence-electron chi connectivity index (χ4n) is 3.72. The summed E-state index contributed by atoms with van der Waals surface area (Å²) in [6.07, 6.45) is 3.05. The Morgan fingerprint density at radius 3 is 2.61 bits per heavy atom. The molecular weight excluding hydrogens is 545 g/mol. The molecule has 3 heterocycles. The predicted molar refractivity (Wildman–Crippen MR) is 146 cm³/mol. The number of nitriles is 1. The zero-order valence-corrected chi connectivity index (χ0v) is 21.8. The van der Waals surface area contributed by atoms with Gasteiger partial charge in [0.2, 0.25) is 0 Å². The number of para-hydroxylation sites is 1. The van der Waals surface area contributed by atoms with Gasteiger partial charge in [-0.2, -0.15) is 5.26 Å². The van der Waals surface area contributed by atoms with Crippen LogP contribution >= 0.6 is 34.5 Å². The standard InChI is InChI=1S/C28H17Cl2N3O4S/c29-22-10-4-9-20(25(22)30)23-12-11-18(37-23)14-24-27(35)33(17-6-2-1-3-7-17)28(38-24)21(15-31)26(34)32-16-19-8-5-13-36-19/h1-14H,16H2,(H,32,34)/b24-14+,28-21-. The van der Waals surface area contributed by atoms with E-state index in [1.54, 1.807) is 72.8 Å². The molecule has 0 bridgehead atoms. The number of rotatable bonds is 6. The molecule has 0 radical (unpaired) electrons. The Hall–Kier alpha value is -4.29. The molecule has 5 rings (SSSR count). The van der Waals surface area contributed by atoms with Crippen LogP contribution in [0, 0.1) is 11.3 Å². The van der Waals surface area contributed by atoms with Gasteiger partial charge in [-0.25, -0.2) is 0 Å². The van der Waals surface area contributed by atoms with Crippen LogP contribution < -0.4 is 20.1 Å². The smallest absolute Gasteiger partial charge is 0.273 e. The van der Waals surface area contributed by atoms with Gasteiger partial charge in [0.1, 0.15) is 28.0 Å². The number of carbonyl (C=O) groups excluding carboxylic acids is 1. The second-order valence-electron chi connectivity index (χ2n) is 7.94. The van der Waals surface area contributed by atoms with E-state index in [0.717, 1.165) is 11.3 Å². The Morgan fingerprint density at radius 1 is 1.05 bits per heavy atom. The highest BCUT2D eigenvalue weighted by molar-refractivity contribution is 7.07. The van der Waals surface area contributed by atoms with Crippen LogP contribution in [0.3, 0.4) is 0 Å². The molecule has 3 aromatic heterocycles. The minimum Gasteiger partial charge on any atom is -0.467 e. The van der Waals surface area contributed by atoms with Gasteiger partial charge in [0, 0.05) is 11.6 Å². The summed E-state index contributed by atoms with van der Waals surface area (Å²) in [5, 5.41) is 13.3. The SMILES string of the molecule is N#C/C(C(=O)NCc1ccco1)=c1/s/c(=C/c2ccc(-c3cccc(Cl)c3Cl)o2)c(=O)n1-c1ccccc1. The van der Waals surface area contributed by atoms with Crippen LogP contribution in [-0.2, 0) is 11.3 Å². The Labute approximate surface area is 230 Å². The van der Waals surface area contributed by atoms with Crippen molar-refractivity contribution in [1.29, 1.82) is 5.26 Å². The Bertz CT molecular complexity index is 1850.